The van der Waals surface area contributed by atoms with Crippen molar-refractivity contribution in [2.75, 3.05) is 19.8 Å². The molecule has 0 unspecified atom stereocenters. The second kappa shape index (κ2) is 44.8. The molecule has 0 aromatic rings. The van der Waals surface area contributed by atoms with Gasteiger partial charge in [0.15, 0.2) is 0 Å². The van der Waals surface area contributed by atoms with Crippen molar-refractivity contribution >= 4 is 20.8 Å². The molecule has 0 fully saturated rings. The molecule has 0 bridgehead atoms. The number of rotatable bonds is 26. The maximum Gasteiger partial charge on any atom is 1.00 e. The van der Waals surface area contributed by atoms with Gasteiger partial charge in [-0.25, -0.2) is 8.42 Å². The first-order chi connectivity index (χ1) is 19.8. The van der Waals surface area contributed by atoms with Gasteiger partial charge in [-0.2, -0.15) is 8.42 Å². The Morgan fingerprint density at radius 2 is 0.674 bits per heavy atom. The minimum Gasteiger partial charge on any atom is -0.726 e. The van der Waals surface area contributed by atoms with E-state index in [-0.39, 0.29) is 29.6 Å². The maximum absolute atomic E-state index is 8.74. The van der Waals surface area contributed by atoms with Crippen LogP contribution in [0.1, 0.15) is 175 Å². The molecule has 0 aliphatic rings. The monoisotopic (exact) mass is 673 g/mol. The fraction of sp³-hybridized carbons (Fsp3) is 1.00. The quantitative estimate of drug-likeness (QED) is 0.0382. The van der Waals surface area contributed by atoms with Crippen molar-refractivity contribution in [2.24, 2.45) is 5.73 Å². The van der Waals surface area contributed by atoms with Gasteiger partial charge in [0.2, 0.25) is 10.4 Å². The molecule has 0 amide bonds. The van der Waals surface area contributed by atoms with Gasteiger partial charge in [0.1, 0.15) is 0 Å². The minimum atomic E-state index is -4.92. The van der Waals surface area contributed by atoms with Crippen LogP contribution in [0.3, 0.4) is 0 Å². The first-order valence-electron chi connectivity index (χ1n) is 16.5. The predicted octanol–water partition coefficient (Wildman–Crippen LogP) is 5.73. The summed E-state index contributed by atoms with van der Waals surface area (Å²) < 4.78 is 70.1. The number of ether oxygens (including phenoxy) is 1. The normalized spacial score (nSPS) is 10.8. The Kier molecular flexibility index (Phi) is 55.4. The zero-order valence-corrected chi connectivity index (χ0v) is 31.9. The molecule has 13 heteroatoms. The maximum atomic E-state index is 8.74. The Morgan fingerprint density at radius 3 is 0.884 bits per heavy atom. The van der Waals surface area contributed by atoms with Crippen LogP contribution in [-0.2, 0) is 25.5 Å². The van der Waals surface area contributed by atoms with E-state index in [4.69, 9.17) is 45.5 Å². The molecular formula is C30H68NNaO9S2. The summed E-state index contributed by atoms with van der Waals surface area (Å²) in [5.74, 6) is 0. The van der Waals surface area contributed by atoms with Gasteiger partial charge in [0.25, 0.3) is 0 Å². The third kappa shape index (κ3) is 99.2. The van der Waals surface area contributed by atoms with E-state index in [9.17, 15) is 0 Å². The van der Waals surface area contributed by atoms with Gasteiger partial charge in [0, 0.05) is 13.2 Å². The fourth-order valence-corrected chi connectivity index (χ4v) is 4.06. The van der Waals surface area contributed by atoms with E-state index >= 15 is 0 Å². The first kappa shape index (κ1) is 53.2. The van der Waals surface area contributed by atoms with Crippen LogP contribution in [0.2, 0.25) is 0 Å². The van der Waals surface area contributed by atoms with Gasteiger partial charge in [-0.1, -0.05) is 156 Å². The van der Waals surface area contributed by atoms with Gasteiger partial charge < -0.3 is 15.0 Å². The average Bonchev–Trinajstić information content (AvgIpc) is 2.88. The molecule has 260 valence electrons. The molecule has 43 heavy (non-hydrogen) atoms. The molecule has 0 saturated heterocycles. The molecule has 0 saturated carbocycles. The van der Waals surface area contributed by atoms with Gasteiger partial charge in [0.05, 0.1) is 0 Å². The van der Waals surface area contributed by atoms with Crippen molar-refractivity contribution in [1.82, 2.24) is 0 Å². The van der Waals surface area contributed by atoms with Gasteiger partial charge in [-0.3, -0.25) is 13.7 Å². The summed E-state index contributed by atoms with van der Waals surface area (Å²) in [7, 11) is -9.58. The van der Waals surface area contributed by atoms with E-state index in [0.29, 0.717) is 0 Å². The van der Waals surface area contributed by atoms with E-state index < -0.39 is 20.8 Å². The van der Waals surface area contributed by atoms with Crippen molar-refractivity contribution < 1.29 is 69.3 Å². The Hall–Kier alpha value is 0.660. The molecule has 0 atom stereocenters. The van der Waals surface area contributed by atoms with Crippen LogP contribution in [-0.4, -0.2) is 54.8 Å². The van der Waals surface area contributed by atoms with Crippen LogP contribution in [0.5, 0.6) is 0 Å². The Balaban J connectivity index is -0.000000181. The van der Waals surface area contributed by atoms with Crippen molar-refractivity contribution in [3.05, 3.63) is 0 Å². The number of hydrogen-bond donors (Lipinski definition) is 4. The van der Waals surface area contributed by atoms with E-state index in [1.807, 2.05) is 0 Å². The Bertz CT molecular complexity index is 611. The second-order valence-corrected chi connectivity index (χ2v) is 12.5. The smallest absolute Gasteiger partial charge is 0.726 e. The third-order valence-electron chi connectivity index (χ3n) is 6.34. The number of unbranched alkanes of at least 4 members (excludes halogenated alkanes) is 21. The van der Waals surface area contributed by atoms with Crippen LogP contribution >= 0.6 is 0 Å². The summed E-state index contributed by atoms with van der Waals surface area (Å²) in [6, 6.07) is 0. The van der Waals surface area contributed by atoms with Crippen LogP contribution < -0.4 is 35.3 Å². The zero-order chi connectivity index (χ0) is 32.8. The summed E-state index contributed by atoms with van der Waals surface area (Å²) in [5.41, 5.74) is 5.39. The van der Waals surface area contributed by atoms with Crippen LogP contribution in [0, 0.1) is 0 Å². The van der Waals surface area contributed by atoms with Crippen molar-refractivity contribution in [1.29, 1.82) is 0 Å². The molecule has 0 aromatic carbocycles. The molecule has 0 aliphatic heterocycles. The molecule has 0 spiro atoms. The predicted molar refractivity (Wildman–Crippen MR) is 174 cm³/mol. The molecule has 0 radical (unpaired) electrons. The van der Waals surface area contributed by atoms with E-state index in [1.54, 1.807) is 0 Å². The summed E-state index contributed by atoms with van der Waals surface area (Å²) in [6.45, 7) is 9.67. The third-order valence-corrected chi connectivity index (χ3v) is 6.34. The molecule has 0 rings (SSSR count). The van der Waals surface area contributed by atoms with Crippen molar-refractivity contribution in [2.45, 2.75) is 175 Å². The second-order valence-electron chi connectivity index (χ2n) is 10.7. The van der Waals surface area contributed by atoms with Gasteiger partial charge >= 0.3 is 40.0 Å². The SMILES string of the molecule is CCCCCCCCCCN.CCCCCCCCCCOCCCCCCCCCC.O=S(=O)(O)O.O=S(=O)([O-])O.[Na+]. The minimum absolute atomic E-state index is 0. The molecular weight excluding hydrogens is 605 g/mol. The largest absolute Gasteiger partial charge is 1.00 e. The molecule has 10 nitrogen and oxygen atoms in total. The number of hydrogen-bond acceptors (Lipinski definition) is 7. The van der Waals surface area contributed by atoms with Crippen LogP contribution in [0.4, 0.5) is 0 Å². The Morgan fingerprint density at radius 1 is 0.488 bits per heavy atom. The first-order valence-corrected chi connectivity index (χ1v) is 19.3. The fourth-order valence-electron chi connectivity index (χ4n) is 4.06. The summed E-state index contributed by atoms with van der Waals surface area (Å²) in [5, 5.41) is 0. The number of nitrogens with two attached hydrogens (primary N) is 1. The van der Waals surface area contributed by atoms with E-state index in [0.717, 1.165) is 19.8 Å². The molecule has 0 aliphatic carbocycles. The van der Waals surface area contributed by atoms with Crippen LogP contribution in [0.25, 0.3) is 0 Å². The standard InChI is InChI=1S/C20H42O.C10H23N.Na.2H2O4S/c1-3-5-7-9-11-13-15-17-19-21-20-18-16-14-12-10-8-6-4-2;1-2-3-4-5-6-7-8-9-10-11;;2*1-5(2,3)4/h3-20H2,1-2H3;2-11H2,1H3;;2*(H2,1,2,3,4)/q;;+1;;/p-1. The van der Waals surface area contributed by atoms with Crippen LogP contribution in [0.15, 0.2) is 0 Å². The molecule has 5 N–H and O–H groups in total. The average molecular weight is 674 g/mol. The van der Waals surface area contributed by atoms with E-state index in [2.05, 4.69) is 20.8 Å². The van der Waals surface area contributed by atoms with Crippen molar-refractivity contribution in [3.8, 4) is 0 Å². The van der Waals surface area contributed by atoms with Gasteiger partial charge in [-0.05, 0) is 25.8 Å². The summed E-state index contributed by atoms with van der Waals surface area (Å²) >= 11 is 0. The summed E-state index contributed by atoms with van der Waals surface area (Å²) in [6.07, 6.45) is 33.2. The Labute approximate surface area is 288 Å². The zero-order valence-electron chi connectivity index (χ0n) is 28.3. The van der Waals surface area contributed by atoms with E-state index in [1.165, 1.54) is 154 Å². The molecule has 0 aromatic heterocycles. The molecule has 0 heterocycles. The van der Waals surface area contributed by atoms with Gasteiger partial charge in [-0.15, -0.1) is 0 Å². The topological polar surface area (TPSA) is 187 Å². The summed E-state index contributed by atoms with van der Waals surface area (Å²) in [4.78, 5) is 0. The van der Waals surface area contributed by atoms with Crippen molar-refractivity contribution in [3.63, 3.8) is 0 Å².